The van der Waals surface area contributed by atoms with E-state index in [2.05, 4.69) is 5.32 Å². The van der Waals surface area contributed by atoms with Crippen LogP contribution in [0.25, 0.3) is 0 Å². The number of aliphatic carboxylic acids is 1. The molecular weight excluding hydrogens is 256 g/mol. The molecule has 0 fully saturated rings. The lowest BCUT2D eigenvalue weighted by Gasteiger charge is -2.26. The minimum absolute atomic E-state index is 0.158. The number of urea groups is 1. The third-order valence-corrected chi connectivity index (χ3v) is 3.16. The van der Waals surface area contributed by atoms with Crippen LogP contribution in [0.4, 0.5) is 4.79 Å². The van der Waals surface area contributed by atoms with Crippen molar-refractivity contribution < 1.29 is 19.4 Å². The van der Waals surface area contributed by atoms with Gasteiger partial charge in [0.2, 0.25) is 0 Å². The smallest absolute Gasteiger partial charge is 0.329 e. The Bertz CT molecular complexity index is 263. The number of nitrogens with zero attached hydrogens (tertiary/aromatic N) is 1. The highest BCUT2D eigenvalue weighted by Gasteiger charge is 2.17. The molecule has 106 valence electrons. The van der Waals surface area contributed by atoms with E-state index in [4.69, 9.17) is 9.84 Å². The number of carboxylic acid groups (broad SMARTS) is 1. The van der Waals surface area contributed by atoms with Crippen LogP contribution in [0.5, 0.6) is 0 Å². The van der Waals surface area contributed by atoms with E-state index >= 15 is 0 Å². The molecule has 0 radical (unpaired) electrons. The van der Waals surface area contributed by atoms with Crippen molar-refractivity contribution in [3.63, 3.8) is 0 Å². The van der Waals surface area contributed by atoms with Crippen molar-refractivity contribution in [3.8, 4) is 0 Å². The van der Waals surface area contributed by atoms with Crippen LogP contribution in [0.2, 0.25) is 0 Å². The third-order valence-electron chi connectivity index (χ3n) is 2.45. The highest BCUT2D eigenvalue weighted by atomic mass is 32.2. The van der Waals surface area contributed by atoms with E-state index in [-0.39, 0.29) is 25.3 Å². The summed E-state index contributed by atoms with van der Waals surface area (Å²) < 4.78 is 4.82. The van der Waals surface area contributed by atoms with E-state index in [1.54, 1.807) is 23.7 Å². The van der Waals surface area contributed by atoms with Crippen LogP contribution >= 0.6 is 11.8 Å². The van der Waals surface area contributed by atoms with Gasteiger partial charge in [-0.1, -0.05) is 6.92 Å². The standard InChI is InChI=1S/C11H22N2O4S/c1-4-9(8-18-3)13(2)11(16)12-5-6-17-7-10(14)15/h9H,4-8H2,1-3H3,(H,12,16)(H,14,15). The molecule has 0 aliphatic rings. The van der Waals surface area contributed by atoms with Crippen molar-refractivity contribution in [2.45, 2.75) is 19.4 Å². The number of hydrogen-bond acceptors (Lipinski definition) is 4. The highest BCUT2D eigenvalue weighted by Crippen LogP contribution is 2.08. The summed E-state index contributed by atoms with van der Waals surface area (Å²) >= 11 is 1.70. The number of hydrogen-bond donors (Lipinski definition) is 2. The lowest BCUT2D eigenvalue weighted by molar-refractivity contribution is -0.142. The van der Waals surface area contributed by atoms with Crippen LogP contribution in [-0.4, -0.2) is 66.9 Å². The van der Waals surface area contributed by atoms with Gasteiger partial charge in [-0.3, -0.25) is 0 Å². The first-order valence-corrected chi connectivity index (χ1v) is 7.21. The Balaban J connectivity index is 3.82. The Morgan fingerprint density at radius 2 is 2.17 bits per heavy atom. The Hall–Kier alpha value is -0.950. The average Bonchev–Trinajstić information content (AvgIpc) is 2.34. The fourth-order valence-corrected chi connectivity index (χ4v) is 2.22. The molecule has 6 nitrogen and oxygen atoms in total. The van der Waals surface area contributed by atoms with Crippen molar-refractivity contribution in [2.24, 2.45) is 0 Å². The molecule has 1 atom stereocenters. The first-order chi connectivity index (χ1) is 8.52. The minimum atomic E-state index is -1.01. The predicted molar refractivity (Wildman–Crippen MR) is 72.1 cm³/mol. The molecule has 0 bridgehead atoms. The number of amides is 2. The van der Waals surface area contributed by atoms with Gasteiger partial charge in [0.05, 0.1) is 6.61 Å². The number of carboxylic acids is 1. The van der Waals surface area contributed by atoms with Crippen LogP contribution < -0.4 is 5.32 Å². The maximum atomic E-state index is 11.7. The van der Waals surface area contributed by atoms with Crippen molar-refractivity contribution in [1.82, 2.24) is 10.2 Å². The predicted octanol–water partition coefficient (Wildman–Crippen LogP) is 0.871. The van der Waals surface area contributed by atoms with E-state index in [9.17, 15) is 9.59 Å². The number of thioether (sulfide) groups is 1. The molecule has 0 aliphatic heterocycles. The fourth-order valence-electron chi connectivity index (χ4n) is 1.38. The van der Waals surface area contributed by atoms with Gasteiger partial charge in [-0.05, 0) is 12.7 Å². The molecule has 0 aromatic carbocycles. The Morgan fingerprint density at radius 3 is 2.67 bits per heavy atom. The second-order valence-corrected chi connectivity index (χ2v) is 4.72. The second-order valence-electron chi connectivity index (χ2n) is 3.81. The topological polar surface area (TPSA) is 78.9 Å². The average molecular weight is 278 g/mol. The molecule has 0 aromatic heterocycles. The van der Waals surface area contributed by atoms with Crippen LogP contribution in [0.15, 0.2) is 0 Å². The summed E-state index contributed by atoms with van der Waals surface area (Å²) in [5, 5.41) is 11.0. The molecule has 0 saturated heterocycles. The van der Waals surface area contributed by atoms with Gasteiger partial charge < -0.3 is 20.1 Å². The summed E-state index contributed by atoms with van der Waals surface area (Å²) in [6, 6.07) is 0.0507. The summed E-state index contributed by atoms with van der Waals surface area (Å²) in [5.41, 5.74) is 0. The number of nitrogens with one attached hydrogen (secondary N) is 1. The molecular formula is C11H22N2O4S. The molecule has 0 spiro atoms. The van der Waals surface area contributed by atoms with Gasteiger partial charge in [-0.2, -0.15) is 11.8 Å². The summed E-state index contributed by atoms with van der Waals surface area (Å²) in [4.78, 5) is 23.6. The molecule has 18 heavy (non-hydrogen) atoms. The van der Waals surface area contributed by atoms with Crippen LogP contribution in [0.3, 0.4) is 0 Å². The van der Waals surface area contributed by atoms with Gasteiger partial charge in [0.25, 0.3) is 0 Å². The van der Waals surface area contributed by atoms with E-state index in [1.165, 1.54) is 0 Å². The number of carbonyl (C=O) groups is 2. The van der Waals surface area contributed by atoms with Crippen LogP contribution in [-0.2, 0) is 9.53 Å². The SMILES string of the molecule is CCC(CSC)N(C)C(=O)NCCOCC(=O)O. The molecule has 0 aromatic rings. The first-order valence-electron chi connectivity index (χ1n) is 5.82. The molecule has 2 N–H and O–H groups in total. The molecule has 7 heteroatoms. The quantitative estimate of drug-likeness (QED) is 0.612. The minimum Gasteiger partial charge on any atom is -0.480 e. The van der Waals surface area contributed by atoms with Gasteiger partial charge in [-0.25, -0.2) is 9.59 Å². The zero-order valence-electron chi connectivity index (χ0n) is 11.1. The lowest BCUT2D eigenvalue weighted by atomic mass is 10.2. The van der Waals surface area contributed by atoms with Gasteiger partial charge in [-0.15, -0.1) is 0 Å². The molecule has 2 amide bonds. The maximum Gasteiger partial charge on any atom is 0.329 e. The molecule has 0 heterocycles. The van der Waals surface area contributed by atoms with Gasteiger partial charge in [0.1, 0.15) is 6.61 Å². The van der Waals surface area contributed by atoms with Crippen LogP contribution in [0, 0.1) is 0 Å². The van der Waals surface area contributed by atoms with Gasteiger partial charge in [0.15, 0.2) is 0 Å². The van der Waals surface area contributed by atoms with Crippen molar-refractivity contribution in [3.05, 3.63) is 0 Å². The van der Waals surface area contributed by atoms with E-state index in [0.717, 1.165) is 12.2 Å². The largest absolute Gasteiger partial charge is 0.480 e. The van der Waals surface area contributed by atoms with Crippen LogP contribution in [0.1, 0.15) is 13.3 Å². The maximum absolute atomic E-state index is 11.7. The Morgan fingerprint density at radius 1 is 1.50 bits per heavy atom. The summed E-state index contributed by atoms with van der Waals surface area (Å²) in [6.07, 6.45) is 2.91. The van der Waals surface area contributed by atoms with E-state index < -0.39 is 5.97 Å². The normalized spacial score (nSPS) is 11.9. The lowest BCUT2D eigenvalue weighted by Crippen LogP contribution is -2.45. The molecule has 0 aliphatic carbocycles. The Kier molecular flexibility index (Phi) is 9.49. The molecule has 1 unspecified atom stereocenters. The Labute approximate surface area is 112 Å². The van der Waals surface area contributed by atoms with Crippen molar-refractivity contribution >= 4 is 23.8 Å². The monoisotopic (exact) mass is 278 g/mol. The fraction of sp³-hybridized carbons (Fsp3) is 0.818. The highest BCUT2D eigenvalue weighted by molar-refractivity contribution is 7.98. The third kappa shape index (κ3) is 7.39. The summed E-state index contributed by atoms with van der Waals surface area (Å²) in [5.74, 6) is -0.111. The molecule has 0 rings (SSSR count). The zero-order valence-corrected chi connectivity index (χ0v) is 12.0. The summed E-state index contributed by atoms with van der Waals surface area (Å²) in [6.45, 7) is 2.22. The number of carbonyl (C=O) groups excluding carboxylic acids is 1. The zero-order chi connectivity index (χ0) is 14.0. The van der Waals surface area contributed by atoms with Crippen molar-refractivity contribution in [2.75, 3.05) is 38.8 Å². The molecule has 0 saturated carbocycles. The second kappa shape index (κ2) is 10.0. The van der Waals surface area contributed by atoms with Gasteiger partial charge >= 0.3 is 12.0 Å². The van der Waals surface area contributed by atoms with Gasteiger partial charge in [0, 0.05) is 25.4 Å². The van der Waals surface area contributed by atoms with E-state index in [1.807, 2.05) is 13.2 Å². The number of rotatable bonds is 9. The summed E-state index contributed by atoms with van der Waals surface area (Å²) in [7, 11) is 1.76. The van der Waals surface area contributed by atoms with Crippen molar-refractivity contribution in [1.29, 1.82) is 0 Å². The number of ether oxygens (including phenoxy) is 1. The van der Waals surface area contributed by atoms with E-state index in [0.29, 0.717) is 6.54 Å². The first kappa shape index (κ1) is 17.1.